The summed E-state index contributed by atoms with van der Waals surface area (Å²) in [4.78, 5) is 11.1. The van der Waals surface area contributed by atoms with Gasteiger partial charge in [0.25, 0.3) is 0 Å². The summed E-state index contributed by atoms with van der Waals surface area (Å²) in [5, 5.41) is 0. The van der Waals surface area contributed by atoms with Gasteiger partial charge in [-0.2, -0.15) is 0 Å². The first-order valence-electron chi connectivity index (χ1n) is 7.24. The molecule has 0 saturated heterocycles. The number of rotatable bonds is 4. The molecule has 124 valence electrons. The van der Waals surface area contributed by atoms with Crippen LogP contribution in [0.15, 0.2) is 53.5 Å². The molecule has 0 aromatic heterocycles. The van der Waals surface area contributed by atoms with Crippen LogP contribution in [0.3, 0.4) is 0 Å². The Kier molecular flexibility index (Phi) is 4.59. The van der Waals surface area contributed by atoms with Gasteiger partial charge in [-0.15, -0.1) is 0 Å². The van der Waals surface area contributed by atoms with E-state index in [2.05, 4.69) is 4.72 Å². The standard InChI is InChI=1S/C17H20FNO3S/c1-16(2,3)19-23(21,22)15-10-5-4-9-14(15)17(18)11-7-6-8-13(17)12-20/h4-13,19H,1-3H3. The van der Waals surface area contributed by atoms with E-state index in [1.54, 1.807) is 32.9 Å². The molecule has 0 fully saturated rings. The molecule has 1 N–H and O–H groups in total. The lowest BCUT2D eigenvalue weighted by atomic mass is 9.81. The van der Waals surface area contributed by atoms with Crippen molar-refractivity contribution in [3.05, 3.63) is 54.1 Å². The van der Waals surface area contributed by atoms with Crippen molar-refractivity contribution in [1.29, 1.82) is 0 Å². The highest BCUT2D eigenvalue weighted by atomic mass is 32.2. The van der Waals surface area contributed by atoms with Crippen molar-refractivity contribution in [2.45, 2.75) is 36.9 Å². The number of hydrogen-bond donors (Lipinski definition) is 1. The zero-order chi connectivity index (χ0) is 17.3. The molecule has 0 bridgehead atoms. The predicted molar refractivity (Wildman–Crippen MR) is 87.1 cm³/mol. The number of hydrogen-bond acceptors (Lipinski definition) is 3. The number of carbonyl (C=O) groups excluding carboxylic acids is 1. The monoisotopic (exact) mass is 337 g/mol. The van der Waals surface area contributed by atoms with E-state index in [1.807, 2.05) is 0 Å². The molecule has 2 rings (SSSR count). The first kappa shape index (κ1) is 17.6. The lowest BCUT2D eigenvalue weighted by molar-refractivity contribution is -0.113. The van der Waals surface area contributed by atoms with E-state index >= 15 is 4.39 Å². The van der Waals surface area contributed by atoms with Gasteiger partial charge in [-0.1, -0.05) is 36.4 Å². The molecule has 1 aliphatic carbocycles. The second-order valence-corrected chi connectivity index (χ2v) is 8.18. The topological polar surface area (TPSA) is 63.2 Å². The molecule has 0 amide bonds. The molecule has 0 heterocycles. The Morgan fingerprint density at radius 1 is 1.22 bits per heavy atom. The molecule has 23 heavy (non-hydrogen) atoms. The summed E-state index contributed by atoms with van der Waals surface area (Å²) in [6, 6.07) is 5.83. The molecule has 0 radical (unpaired) electrons. The van der Waals surface area contributed by atoms with Gasteiger partial charge in [0.1, 0.15) is 6.29 Å². The summed E-state index contributed by atoms with van der Waals surface area (Å²) < 4.78 is 43.3. The van der Waals surface area contributed by atoms with Crippen LogP contribution < -0.4 is 4.72 Å². The summed E-state index contributed by atoms with van der Waals surface area (Å²) in [6.45, 7) is 5.11. The fourth-order valence-electron chi connectivity index (χ4n) is 2.52. The first-order chi connectivity index (χ1) is 10.6. The van der Waals surface area contributed by atoms with Crippen LogP contribution in [-0.2, 0) is 20.5 Å². The van der Waals surface area contributed by atoms with Gasteiger partial charge in [-0.3, -0.25) is 0 Å². The smallest absolute Gasteiger partial charge is 0.241 e. The molecule has 1 aromatic rings. The third-order valence-electron chi connectivity index (χ3n) is 3.43. The maximum absolute atomic E-state index is 15.5. The second kappa shape index (κ2) is 6.02. The molecule has 4 nitrogen and oxygen atoms in total. The van der Waals surface area contributed by atoms with Crippen molar-refractivity contribution in [1.82, 2.24) is 4.72 Å². The average molecular weight is 337 g/mol. The largest absolute Gasteiger partial charge is 0.303 e. The maximum atomic E-state index is 15.5. The number of alkyl halides is 1. The summed E-state index contributed by atoms with van der Waals surface area (Å²) in [6.07, 6.45) is 6.17. The van der Waals surface area contributed by atoms with Crippen molar-refractivity contribution >= 4 is 16.3 Å². The molecule has 1 aromatic carbocycles. The van der Waals surface area contributed by atoms with E-state index in [4.69, 9.17) is 0 Å². The normalized spacial score (nSPS) is 24.6. The highest BCUT2D eigenvalue weighted by Crippen LogP contribution is 2.41. The SMILES string of the molecule is CC(C)(C)NS(=O)(=O)c1ccccc1C1(F)C=CC=CC1C=O. The number of benzene rings is 1. The Hall–Kier alpha value is -1.79. The Bertz CT molecular complexity index is 762. The zero-order valence-corrected chi connectivity index (χ0v) is 14.1. The summed E-state index contributed by atoms with van der Waals surface area (Å²) >= 11 is 0. The fourth-order valence-corrected chi connectivity index (χ4v) is 4.21. The van der Waals surface area contributed by atoms with Crippen LogP contribution in [0.4, 0.5) is 4.39 Å². The summed E-state index contributed by atoms with van der Waals surface area (Å²) in [5.74, 6) is -1.07. The van der Waals surface area contributed by atoms with Crippen molar-refractivity contribution < 1.29 is 17.6 Å². The number of sulfonamides is 1. The highest BCUT2D eigenvalue weighted by Gasteiger charge is 2.42. The van der Waals surface area contributed by atoms with E-state index in [9.17, 15) is 13.2 Å². The molecule has 1 aliphatic rings. The number of allylic oxidation sites excluding steroid dienone is 4. The average Bonchev–Trinajstić information content (AvgIpc) is 2.45. The highest BCUT2D eigenvalue weighted by molar-refractivity contribution is 7.89. The minimum Gasteiger partial charge on any atom is -0.303 e. The van der Waals surface area contributed by atoms with Gasteiger partial charge >= 0.3 is 0 Å². The number of carbonyl (C=O) groups is 1. The molecule has 6 heteroatoms. The summed E-state index contributed by atoms with van der Waals surface area (Å²) in [5.41, 5.74) is -2.95. The van der Waals surface area contributed by atoms with Crippen LogP contribution in [0.25, 0.3) is 0 Å². The van der Waals surface area contributed by atoms with E-state index in [-0.39, 0.29) is 10.5 Å². The van der Waals surface area contributed by atoms with Gasteiger partial charge < -0.3 is 4.79 Å². The van der Waals surface area contributed by atoms with E-state index < -0.39 is 27.1 Å². The van der Waals surface area contributed by atoms with Gasteiger partial charge in [-0.05, 0) is 32.9 Å². The zero-order valence-electron chi connectivity index (χ0n) is 13.3. The van der Waals surface area contributed by atoms with Gasteiger partial charge in [-0.25, -0.2) is 17.5 Å². The van der Waals surface area contributed by atoms with Gasteiger partial charge in [0.15, 0.2) is 5.67 Å². The molecular formula is C17H20FNO3S. The minimum absolute atomic E-state index is 0.0468. The molecular weight excluding hydrogens is 317 g/mol. The lowest BCUT2D eigenvalue weighted by Gasteiger charge is -2.30. The Labute approximate surface area is 136 Å². The molecule has 2 unspecified atom stereocenters. The van der Waals surface area contributed by atoms with E-state index in [0.29, 0.717) is 6.29 Å². The maximum Gasteiger partial charge on any atom is 0.241 e. The second-order valence-electron chi connectivity index (χ2n) is 6.53. The lowest BCUT2D eigenvalue weighted by Crippen LogP contribution is -2.42. The van der Waals surface area contributed by atoms with Crippen molar-refractivity contribution in [3.8, 4) is 0 Å². The van der Waals surface area contributed by atoms with E-state index in [1.165, 1.54) is 36.4 Å². The Morgan fingerprint density at radius 3 is 2.48 bits per heavy atom. The number of halogens is 1. The van der Waals surface area contributed by atoms with Crippen LogP contribution >= 0.6 is 0 Å². The van der Waals surface area contributed by atoms with Gasteiger partial charge in [0, 0.05) is 11.1 Å². The van der Waals surface area contributed by atoms with Crippen LogP contribution in [0, 0.1) is 5.92 Å². The molecule has 0 saturated carbocycles. The van der Waals surface area contributed by atoms with Crippen LogP contribution in [0.2, 0.25) is 0 Å². The fraction of sp³-hybridized carbons (Fsp3) is 0.353. The van der Waals surface area contributed by atoms with Crippen molar-refractivity contribution in [2.24, 2.45) is 5.92 Å². The van der Waals surface area contributed by atoms with Crippen LogP contribution in [0.1, 0.15) is 26.3 Å². The minimum atomic E-state index is -3.93. The first-order valence-corrected chi connectivity index (χ1v) is 8.72. The van der Waals surface area contributed by atoms with E-state index in [0.717, 1.165) is 0 Å². The van der Waals surface area contributed by atoms with Crippen LogP contribution in [-0.4, -0.2) is 20.2 Å². The predicted octanol–water partition coefficient (Wildman–Crippen LogP) is 2.87. The third-order valence-corrected chi connectivity index (χ3v) is 5.25. The van der Waals surface area contributed by atoms with Crippen LogP contribution in [0.5, 0.6) is 0 Å². The number of nitrogens with one attached hydrogen (secondary N) is 1. The van der Waals surface area contributed by atoms with Gasteiger partial charge in [0.2, 0.25) is 10.0 Å². The Morgan fingerprint density at radius 2 is 1.87 bits per heavy atom. The van der Waals surface area contributed by atoms with Gasteiger partial charge in [0.05, 0.1) is 10.8 Å². The quantitative estimate of drug-likeness (QED) is 0.859. The molecule has 0 aliphatic heterocycles. The molecule has 0 spiro atoms. The van der Waals surface area contributed by atoms with Crippen molar-refractivity contribution in [3.63, 3.8) is 0 Å². The van der Waals surface area contributed by atoms with Crippen molar-refractivity contribution in [2.75, 3.05) is 0 Å². The number of aldehydes is 1. The summed E-state index contributed by atoms with van der Waals surface area (Å²) in [7, 11) is -3.93. The third kappa shape index (κ3) is 3.59. The molecule has 2 atom stereocenters. The Balaban J connectivity index is 2.61.